The van der Waals surface area contributed by atoms with Crippen LogP contribution in [0.4, 0.5) is 0 Å². The van der Waals surface area contributed by atoms with Crippen LogP contribution in [-0.2, 0) is 9.53 Å². The fourth-order valence-electron chi connectivity index (χ4n) is 2.09. The number of aliphatic hydroxyl groups excluding tert-OH is 8. The minimum atomic E-state index is -2.11. The van der Waals surface area contributed by atoms with Crippen molar-refractivity contribution in [3.8, 4) is 0 Å². The van der Waals surface area contributed by atoms with E-state index in [-0.39, 0.29) is 6.29 Å². The highest BCUT2D eigenvalue weighted by molar-refractivity contribution is 5.56. The average molecular weight is 312 g/mol. The van der Waals surface area contributed by atoms with Crippen LogP contribution in [0.1, 0.15) is 0 Å². The summed E-state index contributed by atoms with van der Waals surface area (Å²) in [6.07, 6.45) is -16.1. The van der Waals surface area contributed by atoms with Crippen molar-refractivity contribution in [1.29, 1.82) is 0 Å². The zero-order chi connectivity index (χ0) is 16.3. The molecule has 0 aliphatic carbocycles. The summed E-state index contributed by atoms with van der Waals surface area (Å²) in [7, 11) is 0. The molecular formula is C11H20O10. The van der Waals surface area contributed by atoms with Gasteiger partial charge in [0.05, 0.1) is 6.61 Å². The molecule has 1 saturated heterocycles. The van der Waals surface area contributed by atoms with Crippen molar-refractivity contribution in [3.05, 3.63) is 0 Å². The number of carbonyl (C=O) groups is 1. The predicted molar refractivity (Wildman–Crippen MR) is 63.9 cm³/mol. The van der Waals surface area contributed by atoms with Gasteiger partial charge < -0.3 is 50.4 Å². The zero-order valence-corrected chi connectivity index (χ0v) is 10.9. The molecule has 10 nitrogen and oxygen atoms in total. The van der Waals surface area contributed by atoms with Crippen LogP contribution in [0, 0.1) is 0 Å². The number of hydrogen-bond donors (Lipinski definition) is 8. The van der Waals surface area contributed by atoms with Gasteiger partial charge in [-0.25, -0.2) is 0 Å². The number of aliphatic hydroxyl groups is 8. The van der Waals surface area contributed by atoms with Crippen molar-refractivity contribution in [2.24, 2.45) is 0 Å². The smallest absolute Gasteiger partial charge is 0.151 e. The van der Waals surface area contributed by atoms with Crippen molar-refractivity contribution in [2.75, 3.05) is 6.61 Å². The third-order valence-corrected chi connectivity index (χ3v) is 3.45. The summed E-state index contributed by atoms with van der Waals surface area (Å²) in [6, 6.07) is 0. The van der Waals surface area contributed by atoms with E-state index in [1.54, 1.807) is 0 Å². The molecule has 0 spiro atoms. The monoisotopic (exact) mass is 312 g/mol. The van der Waals surface area contributed by atoms with Gasteiger partial charge in [-0.1, -0.05) is 0 Å². The second-order valence-electron chi connectivity index (χ2n) is 4.89. The SMILES string of the molecule is O=C[C@H](O)[C@@H](O)[C@H](O)[C@H](O)C(O)C1O[C@H](CO)[C@@H](O)[C@@H]1O. The molecule has 1 heterocycles. The largest absolute Gasteiger partial charge is 0.394 e. The fourth-order valence-corrected chi connectivity index (χ4v) is 2.09. The number of hydrogen-bond acceptors (Lipinski definition) is 10. The van der Waals surface area contributed by atoms with E-state index in [4.69, 9.17) is 14.9 Å². The van der Waals surface area contributed by atoms with Gasteiger partial charge in [0.25, 0.3) is 0 Å². The first-order chi connectivity index (χ1) is 9.76. The molecule has 8 N–H and O–H groups in total. The van der Waals surface area contributed by atoms with E-state index < -0.39 is 61.5 Å². The molecule has 0 amide bonds. The minimum Gasteiger partial charge on any atom is -0.394 e. The van der Waals surface area contributed by atoms with E-state index in [9.17, 15) is 35.4 Å². The van der Waals surface area contributed by atoms with Gasteiger partial charge in [-0.05, 0) is 0 Å². The van der Waals surface area contributed by atoms with Gasteiger partial charge in [0.1, 0.15) is 54.9 Å². The molecule has 0 saturated carbocycles. The highest BCUT2D eigenvalue weighted by Crippen LogP contribution is 2.26. The van der Waals surface area contributed by atoms with Crippen molar-refractivity contribution in [3.63, 3.8) is 0 Å². The average Bonchev–Trinajstić information content (AvgIpc) is 2.78. The van der Waals surface area contributed by atoms with Crippen molar-refractivity contribution >= 4 is 6.29 Å². The first kappa shape index (κ1) is 18.4. The predicted octanol–water partition coefficient (Wildman–Crippen LogP) is -5.53. The van der Waals surface area contributed by atoms with Crippen LogP contribution in [0.5, 0.6) is 0 Å². The lowest BCUT2D eigenvalue weighted by atomic mass is 9.94. The van der Waals surface area contributed by atoms with E-state index in [2.05, 4.69) is 0 Å². The fraction of sp³-hybridized carbons (Fsp3) is 0.909. The summed E-state index contributed by atoms with van der Waals surface area (Å²) in [5, 5.41) is 75.6. The van der Waals surface area contributed by atoms with E-state index >= 15 is 0 Å². The Bertz CT molecular complexity index is 339. The molecular weight excluding hydrogens is 292 g/mol. The quantitative estimate of drug-likeness (QED) is 0.210. The summed E-state index contributed by atoms with van der Waals surface area (Å²) in [4.78, 5) is 10.3. The molecule has 124 valence electrons. The Morgan fingerprint density at radius 2 is 1.52 bits per heavy atom. The van der Waals surface area contributed by atoms with Crippen molar-refractivity contribution < 1.29 is 50.4 Å². The second kappa shape index (κ2) is 7.54. The van der Waals surface area contributed by atoms with Gasteiger partial charge in [0.15, 0.2) is 6.29 Å². The molecule has 10 heteroatoms. The Morgan fingerprint density at radius 1 is 0.952 bits per heavy atom. The Hall–Kier alpha value is -0.690. The Kier molecular flexibility index (Phi) is 6.59. The molecule has 0 radical (unpaired) electrons. The highest BCUT2D eigenvalue weighted by atomic mass is 16.6. The number of aldehydes is 1. The van der Waals surface area contributed by atoms with Crippen LogP contribution in [0.2, 0.25) is 0 Å². The molecule has 21 heavy (non-hydrogen) atoms. The lowest BCUT2D eigenvalue weighted by molar-refractivity contribution is -0.169. The maximum absolute atomic E-state index is 10.3. The Morgan fingerprint density at radius 3 is 1.95 bits per heavy atom. The molecule has 0 aromatic carbocycles. The van der Waals surface area contributed by atoms with Crippen molar-refractivity contribution in [1.82, 2.24) is 0 Å². The topological polar surface area (TPSA) is 188 Å². The van der Waals surface area contributed by atoms with Crippen LogP contribution >= 0.6 is 0 Å². The standard InChI is InChI=1S/C11H20O10/c12-1-3(14)5(15)7(17)8(18)10(20)11-9(19)6(16)4(2-13)21-11/h1,3-11,13-20H,2H2/t3-,4+,5+,6+,7-,8-,9-,10?,11?/m0/s1. The zero-order valence-electron chi connectivity index (χ0n) is 10.9. The maximum Gasteiger partial charge on any atom is 0.151 e. The van der Waals surface area contributed by atoms with E-state index in [1.807, 2.05) is 0 Å². The van der Waals surface area contributed by atoms with Crippen LogP contribution < -0.4 is 0 Å². The van der Waals surface area contributed by atoms with Crippen molar-refractivity contribution in [2.45, 2.75) is 54.9 Å². The Balaban J connectivity index is 2.74. The van der Waals surface area contributed by atoms with E-state index in [0.717, 1.165) is 0 Å². The second-order valence-corrected chi connectivity index (χ2v) is 4.89. The van der Waals surface area contributed by atoms with Crippen LogP contribution in [0.25, 0.3) is 0 Å². The summed E-state index contributed by atoms with van der Waals surface area (Å²) >= 11 is 0. The summed E-state index contributed by atoms with van der Waals surface area (Å²) in [5.74, 6) is 0. The molecule has 1 fully saturated rings. The third-order valence-electron chi connectivity index (χ3n) is 3.45. The molecule has 1 aliphatic heterocycles. The van der Waals surface area contributed by atoms with E-state index in [1.165, 1.54) is 0 Å². The highest BCUT2D eigenvalue weighted by Gasteiger charge is 2.49. The summed E-state index contributed by atoms with van der Waals surface area (Å²) < 4.78 is 4.95. The molecule has 2 unspecified atom stereocenters. The van der Waals surface area contributed by atoms with Gasteiger partial charge in [-0.15, -0.1) is 0 Å². The molecule has 1 aliphatic rings. The van der Waals surface area contributed by atoms with Gasteiger partial charge in [-0.2, -0.15) is 0 Å². The minimum absolute atomic E-state index is 0.0700. The van der Waals surface area contributed by atoms with Gasteiger partial charge in [-0.3, -0.25) is 0 Å². The number of ether oxygens (including phenoxy) is 1. The van der Waals surface area contributed by atoms with Gasteiger partial charge >= 0.3 is 0 Å². The first-order valence-electron chi connectivity index (χ1n) is 6.24. The van der Waals surface area contributed by atoms with Gasteiger partial charge in [0.2, 0.25) is 0 Å². The first-order valence-corrected chi connectivity index (χ1v) is 6.24. The van der Waals surface area contributed by atoms with Gasteiger partial charge in [0, 0.05) is 0 Å². The molecule has 9 atom stereocenters. The lowest BCUT2D eigenvalue weighted by Crippen LogP contribution is -2.54. The third kappa shape index (κ3) is 3.74. The normalized spacial score (nSPS) is 36.8. The number of rotatable bonds is 7. The number of carbonyl (C=O) groups excluding carboxylic acids is 1. The Labute approximate surface area is 119 Å². The molecule has 0 aromatic heterocycles. The maximum atomic E-state index is 10.3. The van der Waals surface area contributed by atoms with E-state index in [0.29, 0.717) is 0 Å². The van der Waals surface area contributed by atoms with Crippen LogP contribution in [-0.4, -0.2) is 109 Å². The van der Waals surface area contributed by atoms with Crippen LogP contribution in [0.3, 0.4) is 0 Å². The molecule has 0 aromatic rings. The summed E-state index contributed by atoms with van der Waals surface area (Å²) in [5.41, 5.74) is 0. The molecule has 0 bridgehead atoms. The lowest BCUT2D eigenvalue weighted by Gasteiger charge is -2.31. The molecule has 1 rings (SSSR count). The van der Waals surface area contributed by atoms with Crippen LogP contribution in [0.15, 0.2) is 0 Å². The summed E-state index contributed by atoms with van der Waals surface area (Å²) in [6.45, 7) is -0.646.